The standard InChI is InChI=1S/C22H16BrN3O4S/c1-29-16-7-13-14(8-17(16)30-2)26-10-15(27)19(20(26)25-21(13)28)22-24-9-18(31-22)11-3-5-12(23)6-4-11/h3-9,27H,10H2,1-2H3. The number of aliphatic hydroxyl groups excluding tert-OH is 1. The molecule has 4 aromatic rings. The average molecular weight is 498 g/mol. The van der Waals surface area contributed by atoms with Gasteiger partial charge >= 0.3 is 0 Å². The average Bonchev–Trinajstić information content (AvgIpc) is 3.37. The minimum absolute atomic E-state index is 0.117. The molecule has 31 heavy (non-hydrogen) atoms. The number of benzene rings is 2. The van der Waals surface area contributed by atoms with Crippen molar-refractivity contribution in [3.63, 3.8) is 0 Å². The molecule has 0 bridgehead atoms. The van der Waals surface area contributed by atoms with E-state index in [0.717, 1.165) is 14.9 Å². The van der Waals surface area contributed by atoms with Crippen LogP contribution in [0.3, 0.4) is 0 Å². The van der Waals surface area contributed by atoms with Gasteiger partial charge in [-0.2, -0.15) is 4.98 Å². The number of hydrogen-bond acceptors (Lipinski definition) is 7. The van der Waals surface area contributed by atoms with Crippen LogP contribution in [0.25, 0.3) is 26.9 Å². The van der Waals surface area contributed by atoms with Gasteiger partial charge < -0.3 is 19.1 Å². The third-order valence-electron chi connectivity index (χ3n) is 5.15. The summed E-state index contributed by atoms with van der Waals surface area (Å²) in [5, 5.41) is 11.8. The first-order valence-electron chi connectivity index (χ1n) is 9.31. The number of hydrogen-bond donors (Lipinski definition) is 1. The first-order chi connectivity index (χ1) is 15.0. The molecule has 0 aliphatic carbocycles. The molecule has 5 rings (SSSR count). The zero-order chi connectivity index (χ0) is 21.7. The molecule has 1 aliphatic rings. The zero-order valence-corrected chi connectivity index (χ0v) is 19.0. The molecule has 9 heteroatoms. The molecule has 1 N–H and O–H groups in total. The summed E-state index contributed by atoms with van der Waals surface area (Å²) in [7, 11) is 3.05. The second-order valence-electron chi connectivity index (χ2n) is 6.91. The van der Waals surface area contributed by atoms with E-state index in [1.165, 1.54) is 25.6 Å². The largest absolute Gasteiger partial charge is 0.510 e. The van der Waals surface area contributed by atoms with Gasteiger partial charge in [0, 0.05) is 16.7 Å². The number of nitrogens with zero attached hydrogens (tertiary/aromatic N) is 3. The first-order valence-corrected chi connectivity index (χ1v) is 10.9. The zero-order valence-electron chi connectivity index (χ0n) is 16.5. The third kappa shape index (κ3) is 3.21. The Kier molecular flexibility index (Phi) is 4.79. The maximum atomic E-state index is 12.8. The second kappa shape index (κ2) is 7.51. The van der Waals surface area contributed by atoms with E-state index in [9.17, 15) is 9.90 Å². The molecule has 156 valence electrons. The summed E-state index contributed by atoms with van der Waals surface area (Å²) in [4.78, 5) is 22.5. The molecule has 2 aromatic carbocycles. The van der Waals surface area contributed by atoms with E-state index in [1.54, 1.807) is 22.9 Å². The fraction of sp³-hybridized carbons (Fsp3) is 0.136. The maximum Gasteiger partial charge on any atom is 0.281 e. The van der Waals surface area contributed by atoms with Gasteiger partial charge in [-0.05, 0) is 23.8 Å². The second-order valence-corrected chi connectivity index (χ2v) is 8.86. The highest BCUT2D eigenvalue weighted by Crippen LogP contribution is 2.39. The molecule has 0 radical (unpaired) electrons. The molecule has 0 unspecified atom stereocenters. The third-order valence-corrected chi connectivity index (χ3v) is 6.75. The van der Waals surface area contributed by atoms with E-state index >= 15 is 0 Å². The van der Waals surface area contributed by atoms with Gasteiger partial charge in [-0.1, -0.05) is 28.1 Å². The van der Waals surface area contributed by atoms with Gasteiger partial charge in [0.1, 0.15) is 10.8 Å². The van der Waals surface area contributed by atoms with E-state index < -0.39 is 5.56 Å². The van der Waals surface area contributed by atoms with Crippen LogP contribution in [0.15, 0.2) is 57.6 Å². The fourth-order valence-corrected chi connectivity index (χ4v) is 4.91. The van der Waals surface area contributed by atoms with Crippen LogP contribution in [-0.2, 0) is 6.54 Å². The number of halogens is 1. The number of rotatable bonds is 4. The summed E-state index contributed by atoms with van der Waals surface area (Å²) in [6, 6.07) is 11.3. The van der Waals surface area contributed by atoms with E-state index in [2.05, 4.69) is 25.9 Å². The predicted molar refractivity (Wildman–Crippen MR) is 123 cm³/mol. The molecule has 2 aromatic heterocycles. The molecular formula is C22H16BrN3O4S. The summed E-state index contributed by atoms with van der Waals surface area (Å²) in [6.07, 6.45) is 1.76. The van der Waals surface area contributed by atoms with Gasteiger partial charge in [0.15, 0.2) is 17.3 Å². The summed E-state index contributed by atoms with van der Waals surface area (Å²) >= 11 is 4.88. The van der Waals surface area contributed by atoms with Crippen molar-refractivity contribution in [2.24, 2.45) is 0 Å². The molecule has 3 heterocycles. The van der Waals surface area contributed by atoms with Gasteiger partial charge in [0.2, 0.25) is 0 Å². The van der Waals surface area contributed by atoms with Crippen molar-refractivity contribution in [2.45, 2.75) is 6.54 Å². The molecule has 0 spiro atoms. The highest BCUT2D eigenvalue weighted by atomic mass is 79.9. The van der Waals surface area contributed by atoms with Crippen LogP contribution in [0.2, 0.25) is 0 Å². The summed E-state index contributed by atoms with van der Waals surface area (Å²) in [5.74, 6) is 1.45. The molecule has 0 fully saturated rings. The Morgan fingerprint density at radius 3 is 2.55 bits per heavy atom. The molecular weight excluding hydrogens is 482 g/mol. The summed E-state index contributed by atoms with van der Waals surface area (Å²) in [5.41, 5.74) is 1.70. The van der Waals surface area contributed by atoms with E-state index in [4.69, 9.17) is 9.47 Å². The normalized spacial score (nSPS) is 13.0. The first kappa shape index (κ1) is 19.8. The van der Waals surface area contributed by atoms with Crippen LogP contribution in [-0.4, -0.2) is 33.9 Å². The van der Waals surface area contributed by atoms with Crippen LogP contribution in [0.1, 0.15) is 10.8 Å². The van der Waals surface area contributed by atoms with Crippen molar-refractivity contribution in [1.29, 1.82) is 0 Å². The lowest BCUT2D eigenvalue weighted by atomic mass is 10.2. The van der Waals surface area contributed by atoms with Crippen LogP contribution in [0, 0.1) is 0 Å². The Bertz CT molecular complexity index is 1420. The van der Waals surface area contributed by atoms with Gasteiger partial charge in [0.05, 0.1) is 42.1 Å². The number of allylic oxidation sites excluding steroid dienone is 1. The van der Waals surface area contributed by atoms with Gasteiger partial charge in [-0.25, -0.2) is 4.98 Å². The Morgan fingerprint density at radius 2 is 1.84 bits per heavy atom. The Morgan fingerprint density at radius 1 is 1.13 bits per heavy atom. The topological polar surface area (TPSA) is 86.5 Å². The van der Waals surface area contributed by atoms with Crippen LogP contribution < -0.4 is 15.0 Å². The van der Waals surface area contributed by atoms with Crippen molar-refractivity contribution in [3.05, 3.63) is 74.0 Å². The van der Waals surface area contributed by atoms with Gasteiger partial charge in [-0.3, -0.25) is 4.79 Å². The lowest BCUT2D eigenvalue weighted by molar-refractivity contribution is 0.355. The number of thiazole rings is 1. The van der Waals surface area contributed by atoms with Crippen molar-refractivity contribution in [1.82, 2.24) is 14.5 Å². The highest BCUT2D eigenvalue weighted by Gasteiger charge is 2.29. The van der Waals surface area contributed by atoms with E-state index in [1.807, 2.05) is 24.3 Å². The van der Waals surface area contributed by atoms with Gasteiger partial charge in [-0.15, -0.1) is 11.3 Å². The van der Waals surface area contributed by atoms with Crippen LogP contribution in [0.5, 0.6) is 11.5 Å². The van der Waals surface area contributed by atoms with Crippen molar-refractivity contribution < 1.29 is 14.6 Å². The lowest BCUT2D eigenvalue weighted by Gasteiger charge is -2.13. The smallest absolute Gasteiger partial charge is 0.281 e. The van der Waals surface area contributed by atoms with Gasteiger partial charge in [0.25, 0.3) is 5.56 Å². The molecule has 0 amide bonds. The molecule has 0 saturated heterocycles. The molecule has 0 atom stereocenters. The van der Waals surface area contributed by atoms with Crippen LogP contribution in [0.4, 0.5) is 0 Å². The molecule has 0 saturated carbocycles. The Hall–Kier alpha value is -3.17. The molecule has 7 nitrogen and oxygen atoms in total. The van der Waals surface area contributed by atoms with Crippen molar-refractivity contribution in [2.75, 3.05) is 14.2 Å². The number of aromatic nitrogens is 3. The maximum absolute atomic E-state index is 12.8. The lowest BCUT2D eigenvalue weighted by Crippen LogP contribution is -2.16. The number of methoxy groups -OCH3 is 2. The minimum atomic E-state index is -0.404. The minimum Gasteiger partial charge on any atom is -0.510 e. The molecule has 1 aliphatic heterocycles. The number of aliphatic hydroxyl groups is 1. The highest BCUT2D eigenvalue weighted by molar-refractivity contribution is 9.10. The Balaban J connectivity index is 1.65. The number of fused-ring (bicyclic) bond motifs is 3. The summed E-state index contributed by atoms with van der Waals surface area (Å²) < 4.78 is 13.5. The van der Waals surface area contributed by atoms with Crippen LogP contribution >= 0.6 is 27.3 Å². The number of ether oxygens (including phenoxy) is 2. The van der Waals surface area contributed by atoms with Crippen molar-refractivity contribution in [3.8, 4) is 21.9 Å². The van der Waals surface area contributed by atoms with Crippen molar-refractivity contribution >= 4 is 43.7 Å². The summed E-state index contributed by atoms with van der Waals surface area (Å²) in [6.45, 7) is 0.192. The Labute approximate surface area is 189 Å². The monoisotopic (exact) mass is 497 g/mol. The SMILES string of the molecule is COc1cc2c(=O)nc3n(c2cc1OC)CC(O)=C3c1ncc(-c2ccc(Br)cc2)s1. The quantitative estimate of drug-likeness (QED) is 0.442. The van der Waals surface area contributed by atoms with E-state index in [0.29, 0.717) is 38.8 Å². The van der Waals surface area contributed by atoms with E-state index in [-0.39, 0.29) is 12.3 Å². The predicted octanol–water partition coefficient (Wildman–Crippen LogP) is 4.63. The fourth-order valence-electron chi connectivity index (χ4n) is 3.66.